The van der Waals surface area contributed by atoms with Gasteiger partial charge in [0.05, 0.1) is 13.0 Å². The summed E-state index contributed by atoms with van der Waals surface area (Å²) in [5, 5.41) is 5.52. The van der Waals surface area contributed by atoms with Crippen molar-refractivity contribution in [3.05, 3.63) is 34.9 Å². The lowest BCUT2D eigenvalue weighted by Crippen LogP contribution is -2.55. The molecule has 0 aliphatic heterocycles. The van der Waals surface area contributed by atoms with E-state index in [-0.39, 0.29) is 31.5 Å². The molecule has 0 saturated carbocycles. The summed E-state index contributed by atoms with van der Waals surface area (Å²) in [5.41, 5.74) is 1.95. The maximum Gasteiger partial charge on any atom is 0.408 e. The number of nitrogens with zero attached hydrogens (tertiary/aromatic N) is 1. The molecule has 0 heterocycles. The molecule has 0 fully saturated rings. The zero-order valence-electron chi connectivity index (χ0n) is 24.3. The lowest BCUT2D eigenvalue weighted by molar-refractivity contribution is -0.145. The van der Waals surface area contributed by atoms with Crippen LogP contribution in [0.3, 0.4) is 0 Å². The van der Waals surface area contributed by atoms with E-state index in [0.717, 1.165) is 11.1 Å². The lowest BCUT2D eigenvalue weighted by Gasteiger charge is -2.37. The average Bonchev–Trinajstić information content (AvgIpc) is 2.80. The summed E-state index contributed by atoms with van der Waals surface area (Å²) in [6, 6.07) is 3.41. The smallest absolute Gasteiger partial charge is 0.408 e. The van der Waals surface area contributed by atoms with Crippen LogP contribution in [0.2, 0.25) is 0 Å². The van der Waals surface area contributed by atoms with Gasteiger partial charge in [-0.2, -0.15) is 11.8 Å². The van der Waals surface area contributed by atoms with Gasteiger partial charge in [-0.3, -0.25) is 14.4 Å². The molecular weight excluding hydrogens is 506 g/mol. The second-order valence-electron chi connectivity index (χ2n) is 10.4. The second-order valence-corrected chi connectivity index (χ2v) is 11.4. The summed E-state index contributed by atoms with van der Waals surface area (Å²) in [6.07, 6.45) is 1.62. The van der Waals surface area contributed by atoms with Crippen LogP contribution in [0.5, 0.6) is 0 Å². The lowest BCUT2D eigenvalue weighted by atomic mass is 9.97. The summed E-state index contributed by atoms with van der Waals surface area (Å²) in [7, 11) is 0. The molecule has 2 atom stereocenters. The maximum absolute atomic E-state index is 14.0. The zero-order valence-corrected chi connectivity index (χ0v) is 25.1. The van der Waals surface area contributed by atoms with Crippen molar-refractivity contribution in [2.75, 3.05) is 25.2 Å². The van der Waals surface area contributed by atoms with Crippen LogP contribution >= 0.6 is 11.8 Å². The molecule has 0 aliphatic carbocycles. The van der Waals surface area contributed by atoms with Gasteiger partial charge in [-0.05, 0) is 90.5 Å². The first-order valence-corrected chi connectivity index (χ1v) is 14.4. The summed E-state index contributed by atoms with van der Waals surface area (Å²) in [6.45, 7) is 14.9. The molecular formula is C28H45N3O6S. The van der Waals surface area contributed by atoms with Gasteiger partial charge in [0.25, 0.3) is 0 Å². The van der Waals surface area contributed by atoms with Gasteiger partial charge in [0.2, 0.25) is 11.8 Å². The number of rotatable bonds is 13. The van der Waals surface area contributed by atoms with E-state index in [1.807, 2.05) is 52.1 Å². The predicted molar refractivity (Wildman–Crippen MR) is 151 cm³/mol. The highest BCUT2D eigenvalue weighted by Crippen LogP contribution is 2.27. The molecule has 0 spiro atoms. The number of thioether (sulfide) groups is 1. The van der Waals surface area contributed by atoms with Gasteiger partial charge in [-0.25, -0.2) is 4.79 Å². The van der Waals surface area contributed by atoms with Gasteiger partial charge in [-0.15, -0.1) is 0 Å². The Balaban J connectivity index is 3.40. The number of amides is 3. The van der Waals surface area contributed by atoms with E-state index >= 15 is 0 Å². The Morgan fingerprint density at radius 3 is 2.26 bits per heavy atom. The van der Waals surface area contributed by atoms with Crippen LogP contribution in [0.1, 0.15) is 77.1 Å². The number of nitrogens with one attached hydrogen (secondary N) is 2. The minimum Gasteiger partial charge on any atom is -0.466 e. The molecule has 1 aromatic rings. The molecule has 0 radical (unpaired) electrons. The van der Waals surface area contributed by atoms with Crippen molar-refractivity contribution in [1.29, 1.82) is 0 Å². The molecule has 38 heavy (non-hydrogen) atoms. The largest absolute Gasteiger partial charge is 0.466 e. The van der Waals surface area contributed by atoms with E-state index < -0.39 is 35.7 Å². The number of alkyl carbamates (subject to hydrolysis) is 1. The third-order valence-corrected chi connectivity index (χ3v) is 6.36. The Bertz CT molecular complexity index is 960. The molecule has 10 heteroatoms. The summed E-state index contributed by atoms with van der Waals surface area (Å²) >= 11 is 1.55. The molecule has 2 unspecified atom stereocenters. The van der Waals surface area contributed by atoms with Crippen molar-refractivity contribution in [3.63, 3.8) is 0 Å². The highest BCUT2D eigenvalue weighted by atomic mass is 32.2. The third-order valence-electron chi connectivity index (χ3n) is 5.72. The number of ether oxygens (including phenoxy) is 2. The number of aryl methyl sites for hydroxylation is 2. The van der Waals surface area contributed by atoms with E-state index in [1.54, 1.807) is 39.5 Å². The van der Waals surface area contributed by atoms with Gasteiger partial charge in [0.1, 0.15) is 17.7 Å². The first-order chi connectivity index (χ1) is 17.7. The first-order valence-electron chi connectivity index (χ1n) is 13.0. The Morgan fingerprint density at radius 1 is 1.08 bits per heavy atom. The summed E-state index contributed by atoms with van der Waals surface area (Å²) < 4.78 is 10.4. The fourth-order valence-corrected chi connectivity index (χ4v) is 4.26. The minimum absolute atomic E-state index is 0.0192. The number of esters is 1. The topological polar surface area (TPSA) is 114 Å². The SMILES string of the molecule is CCOC(=O)CCNC(=O)C(c1ccc(C)c(C)c1)N(C(=O)C(CCSC)NC(=O)OC(C)(C)C)C(C)C. The number of benzene rings is 1. The van der Waals surface area contributed by atoms with Crippen LogP contribution in [0.15, 0.2) is 18.2 Å². The van der Waals surface area contributed by atoms with Gasteiger partial charge in [0.15, 0.2) is 0 Å². The maximum atomic E-state index is 14.0. The Labute approximate surface area is 231 Å². The van der Waals surface area contributed by atoms with Crippen molar-refractivity contribution < 1.29 is 28.7 Å². The van der Waals surface area contributed by atoms with Crippen molar-refractivity contribution in [2.24, 2.45) is 0 Å². The monoisotopic (exact) mass is 551 g/mol. The number of hydrogen-bond acceptors (Lipinski definition) is 7. The molecule has 214 valence electrons. The Kier molecular flexibility index (Phi) is 13.7. The molecule has 3 amide bonds. The fourth-order valence-electron chi connectivity index (χ4n) is 3.79. The van der Waals surface area contributed by atoms with E-state index in [0.29, 0.717) is 17.7 Å². The minimum atomic E-state index is -0.971. The van der Waals surface area contributed by atoms with Crippen molar-refractivity contribution in [1.82, 2.24) is 15.5 Å². The molecule has 0 saturated heterocycles. The number of carbonyl (C=O) groups is 4. The van der Waals surface area contributed by atoms with Gasteiger partial charge < -0.3 is 25.0 Å². The highest BCUT2D eigenvalue weighted by molar-refractivity contribution is 7.98. The predicted octanol–water partition coefficient (Wildman–Crippen LogP) is 4.30. The molecule has 0 bridgehead atoms. The summed E-state index contributed by atoms with van der Waals surface area (Å²) in [4.78, 5) is 53.5. The van der Waals surface area contributed by atoms with Crippen molar-refractivity contribution in [3.8, 4) is 0 Å². The van der Waals surface area contributed by atoms with Gasteiger partial charge >= 0.3 is 12.1 Å². The van der Waals surface area contributed by atoms with E-state index in [2.05, 4.69) is 10.6 Å². The molecule has 2 N–H and O–H groups in total. The quantitative estimate of drug-likeness (QED) is 0.352. The normalized spacial score (nSPS) is 12.9. The Morgan fingerprint density at radius 2 is 1.74 bits per heavy atom. The standard InChI is InChI=1S/C28H45N3O6S/c1-10-36-23(32)13-15-29-25(33)24(21-12-11-19(4)20(5)17-21)31(18(2)3)26(34)22(14-16-38-9)30-27(35)37-28(6,7)8/h11-12,17-18,22,24H,10,13-16H2,1-9H3,(H,29,33)(H,30,35). The van der Waals surface area contributed by atoms with Crippen molar-refractivity contribution >= 4 is 35.6 Å². The number of hydrogen-bond donors (Lipinski definition) is 2. The number of carbonyl (C=O) groups excluding carboxylic acids is 4. The molecule has 0 aromatic heterocycles. The Hall–Kier alpha value is -2.75. The second kappa shape index (κ2) is 15.6. The van der Waals surface area contributed by atoms with Crippen LogP contribution in [-0.2, 0) is 23.9 Å². The first kappa shape index (κ1) is 33.3. The zero-order chi connectivity index (χ0) is 29.0. The highest BCUT2D eigenvalue weighted by Gasteiger charge is 2.37. The molecule has 1 rings (SSSR count). The molecule has 9 nitrogen and oxygen atoms in total. The van der Waals surface area contributed by atoms with Crippen molar-refractivity contribution in [2.45, 2.75) is 92.0 Å². The average molecular weight is 552 g/mol. The third kappa shape index (κ3) is 10.9. The fraction of sp³-hybridized carbons (Fsp3) is 0.643. The van der Waals surface area contributed by atoms with Crippen LogP contribution in [-0.4, -0.2) is 71.6 Å². The van der Waals surface area contributed by atoms with E-state index in [9.17, 15) is 19.2 Å². The van der Waals surface area contributed by atoms with Gasteiger partial charge in [0, 0.05) is 12.6 Å². The molecule has 0 aliphatic rings. The van der Waals surface area contributed by atoms with Crippen LogP contribution in [0.4, 0.5) is 4.79 Å². The van der Waals surface area contributed by atoms with Gasteiger partial charge in [-0.1, -0.05) is 18.2 Å². The van der Waals surface area contributed by atoms with Crippen LogP contribution < -0.4 is 10.6 Å². The molecule has 1 aromatic carbocycles. The van der Waals surface area contributed by atoms with E-state index in [1.165, 1.54) is 4.90 Å². The van der Waals surface area contributed by atoms with Crippen LogP contribution in [0, 0.1) is 13.8 Å². The van der Waals surface area contributed by atoms with E-state index in [4.69, 9.17) is 9.47 Å². The van der Waals surface area contributed by atoms with Crippen LogP contribution in [0.25, 0.3) is 0 Å². The summed E-state index contributed by atoms with van der Waals surface area (Å²) in [5.74, 6) is -0.590.